The van der Waals surface area contributed by atoms with Gasteiger partial charge in [-0.2, -0.15) is 0 Å². The summed E-state index contributed by atoms with van der Waals surface area (Å²) in [5.74, 6) is 0.676. The largest absolute Gasteiger partial charge is 0.325 e. The van der Waals surface area contributed by atoms with Crippen LogP contribution in [0, 0.1) is 6.92 Å². The van der Waals surface area contributed by atoms with Gasteiger partial charge in [0, 0.05) is 5.69 Å². The second-order valence-corrected chi connectivity index (χ2v) is 7.72. The smallest absolute Gasteiger partial charge is 0.234 e. The van der Waals surface area contributed by atoms with Gasteiger partial charge in [0.1, 0.15) is 11.4 Å². The standard InChI is InChI=1S/C18H19N3OS2/c1-11(2)13-6-4-5-12(3)16(13)21-15(22)9-24-18-17-14(7-8-23-17)19-10-20-18/h4-8,10-11H,9H2,1-3H3,(H,21,22). The lowest BCUT2D eigenvalue weighted by molar-refractivity contribution is -0.113. The van der Waals surface area contributed by atoms with Crippen LogP contribution in [0.2, 0.25) is 0 Å². The molecule has 0 saturated carbocycles. The van der Waals surface area contributed by atoms with Gasteiger partial charge in [-0.25, -0.2) is 9.97 Å². The number of carbonyl (C=O) groups excluding carboxylic acids is 1. The second kappa shape index (κ2) is 7.32. The molecule has 2 aromatic heterocycles. The van der Waals surface area contributed by atoms with Gasteiger partial charge in [0.15, 0.2) is 0 Å². The monoisotopic (exact) mass is 357 g/mol. The van der Waals surface area contributed by atoms with E-state index in [0.717, 1.165) is 32.1 Å². The van der Waals surface area contributed by atoms with Crippen molar-refractivity contribution in [3.8, 4) is 0 Å². The van der Waals surface area contributed by atoms with Crippen LogP contribution in [0.15, 0.2) is 41.0 Å². The molecule has 0 atom stereocenters. The number of thiophene rings is 1. The molecule has 124 valence electrons. The first kappa shape index (κ1) is 16.9. The van der Waals surface area contributed by atoms with E-state index in [1.54, 1.807) is 17.7 Å². The quantitative estimate of drug-likeness (QED) is 0.524. The summed E-state index contributed by atoms with van der Waals surface area (Å²) in [6, 6.07) is 8.09. The molecule has 0 bridgehead atoms. The summed E-state index contributed by atoms with van der Waals surface area (Å²) >= 11 is 3.05. The summed E-state index contributed by atoms with van der Waals surface area (Å²) in [6.07, 6.45) is 1.55. The average Bonchev–Trinajstić information content (AvgIpc) is 3.03. The topological polar surface area (TPSA) is 54.9 Å². The molecule has 0 radical (unpaired) electrons. The minimum Gasteiger partial charge on any atom is -0.325 e. The number of benzene rings is 1. The Morgan fingerprint density at radius 1 is 1.29 bits per heavy atom. The van der Waals surface area contributed by atoms with Crippen molar-refractivity contribution in [2.75, 3.05) is 11.1 Å². The van der Waals surface area contributed by atoms with Crippen LogP contribution in [0.25, 0.3) is 10.2 Å². The minimum absolute atomic E-state index is 0.0143. The number of hydrogen-bond acceptors (Lipinski definition) is 5. The van der Waals surface area contributed by atoms with Crippen molar-refractivity contribution < 1.29 is 4.79 Å². The van der Waals surface area contributed by atoms with Gasteiger partial charge in [0.2, 0.25) is 5.91 Å². The lowest BCUT2D eigenvalue weighted by atomic mass is 9.98. The molecule has 24 heavy (non-hydrogen) atoms. The maximum absolute atomic E-state index is 12.4. The first-order valence-electron chi connectivity index (χ1n) is 7.76. The molecule has 1 aromatic carbocycles. The number of carbonyl (C=O) groups is 1. The maximum Gasteiger partial charge on any atom is 0.234 e. The second-order valence-electron chi connectivity index (χ2n) is 5.84. The van der Waals surface area contributed by atoms with Crippen LogP contribution < -0.4 is 5.32 Å². The fourth-order valence-electron chi connectivity index (χ4n) is 2.52. The van der Waals surface area contributed by atoms with Crippen LogP contribution in [-0.2, 0) is 4.79 Å². The summed E-state index contributed by atoms with van der Waals surface area (Å²) in [6.45, 7) is 6.29. The molecule has 0 aliphatic rings. The molecule has 3 aromatic rings. The van der Waals surface area contributed by atoms with Gasteiger partial charge >= 0.3 is 0 Å². The van der Waals surface area contributed by atoms with Crippen molar-refractivity contribution in [2.45, 2.75) is 31.7 Å². The molecular weight excluding hydrogens is 338 g/mol. The summed E-state index contributed by atoms with van der Waals surface area (Å²) in [5, 5.41) is 5.92. The zero-order valence-electron chi connectivity index (χ0n) is 13.9. The number of amides is 1. The summed E-state index contributed by atoms with van der Waals surface area (Å²) in [4.78, 5) is 20.9. The van der Waals surface area contributed by atoms with E-state index in [1.165, 1.54) is 11.8 Å². The van der Waals surface area contributed by atoms with Crippen LogP contribution in [0.4, 0.5) is 5.69 Å². The highest BCUT2D eigenvalue weighted by atomic mass is 32.2. The van der Waals surface area contributed by atoms with Crippen molar-refractivity contribution in [1.82, 2.24) is 9.97 Å². The Kier molecular flexibility index (Phi) is 5.16. The number of nitrogens with one attached hydrogen (secondary N) is 1. The molecule has 2 heterocycles. The predicted molar refractivity (Wildman–Crippen MR) is 102 cm³/mol. The van der Waals surface area contributed by atoms with Crippen LogP contribution in [0.3, 0.4) is 0 Å². The summed E-state index contributed by atoms with van der Waals surface area (Å²) in [7, 11) is 0. The predicted octanol–water partition coefficient (Wildman–Crippen LogP) is 4.85. The number of fused-ring (bicyclic) bond motifs is 1. The molecule has 0 spiro atoms. The Balaban J connectivity index is 1.72. The highest BCUT2D eigenvalue weighted by Gasteiger charge is 2.13. The number of aryl methyl sites for hydroxylation is 1. The third-order valence-electron chi connectivity index (χ3n) is 3.74. The van der Waals surface area contributed by atoms with Gasteiger partial charge in [-0.15, -0.1) is 11.3 Å². The molecule has 3 rings (SSSR count). The Hall–Kier alpha value is -1.92. The van der Waals surface area contributed by atoms with Crippen LogP contribution in [0.1, 0.15) is 30.9 Å². The molecule has 6 heteroatoms. The van der Waals surface area contributed by atoms with Gasteiger partial charge in [0.25, 0.3) is 0 Å². The number of hydrogen-bond donors (Lipinski definition) is 1. The van der Waals surface area contributed by atoms with E-state index in [2.05, 4.69) is 35.2 Å². The van der Waals surface area contributed by atoms with E-state index in [0.29, 0.717) is 11.7 Å². The normalized spacial score (nSPS) is 11.2. The molecule has 0 unspecified atom stereocenters. The fraction of sp³-hybridized carbons (Fsp3) is 0.278. The highest BCUT2D eigenvalue weighted by Crippen LogP contribution is 2.30. The number of para-hydroxylation sites is 1. The molecule has 1 N–H and O–H groups in total. The SMILES string of the molecule is Cc1cccc(C(C)C)c1NC(=O)CSc1ncnc2ccsc12. The number of thioether (sulfide) groups is 1. The zero-order valence-corrected chi connectivity index (χ0v) is 15.5. The Morgan fingerprint density at radius 3 is 2.92 bits per heavy atom. The van der Waals surface area contributed by atoms with E-state index in [1.807, 2.05) is 30.5 Å². The molecule has 1 amide bonds. The first-order chi connectivity index (χ1) is 11.6. The van der Waals surface area contributed by atoms with Crippen LogP contribution in [0.5, 0.6) is 0 Å². The van der Waals surface area contributed by atoms with E-state index >= 15 is 0 Å². The molecule has 4 nitrogen and oxygen atoms in total. The Morgan fingerprint density at radius 2 is 2.12 bits per heavy atom. The van der Waals surface area contributed by atoms with Crippen molar-refractivity contribution in [3.05, 3.63) is 47.1 Å². The molecule has 0 aliphatic heterocycles. The van der Waals surface area contributed by atoms with Gasteiger partial charge < -0.3 is 5.32 Å². The van der Waals surface area contributed by atoms with Gasteiger partial charge in [-0.3, -0.25) is 4.79 Å². The van der Waals surface area contributed by atoms with E-state index in [9.17, 15) is 4.79 Å². The highest BCUT2D eigenvalue weighted by molar-refractivity contribution is 8.00. The maximum atomic E-state index is 12.4. The van der Waals surface area contributed by atoms with Crippen LogP contribution in [-0.4, -0.2) is 21.6 Å². The molecule has 0 saturated heterocycles. The molecule has 0 fully saturated rings. The lowest BCUT2D eigenvalue weighted by Crippen LogP contribution is -2.16. The first-order valence-corrected chi connectivity index (χ1v) is 9.63. The summed E-state index contributed by atoms with van der Waals surface area (Å²) in [5.41, 5.74) is 4.11. The average molecular weight is 358 g/mol. The molecule has 0 aliphatic carbocycles. The van der Waals surface area contributed by atoms with Gasteiger partial charge in [-0.05, 0) is 35.4 Å². The van der Waals surface area contributed by atoms with Crippen LogP contribution >= 0.6 is 23.1 Å². The van der Waals surface area contributed by atoms with Gasteiger partial charge in [-0.1, -0.05) is 43.8 Å². The Bertz CT molecular complexity index is 874. The van der Waals surface area contributed by atoms with Crippen molar-refractivity contribution >= 4 is 44.9 Å². The third kappa shape index (κ3) is 3.60. The van der Waals surface area contributed by atoms with E-state index in [-0.39, 0.29) is 5.91 Å². The number of aromatic nitrogens is 2. The number of nitrogens with zero attached hydrogens (tertiary/aromatic N) is 2. The lowest BCUT2D eigenvalue weighted by Gasteiger charge is -2.16. The van der Waals surface area contributed by atoms with Gasteiger partial charge in [0.05, 0.1) is 16.0 Å². The van der Waals surface area contributed by atoms with Crippen molar-refractivity contribution in [2.24, 2.45) is 0 Å². The van der Waals surface area contributed by atoms with E-state index in [4.69, 9.17) is 0 Å². The van der Waals surface area contributed by atoms with E-state index < -0.39 is 0 Å². The minimum atomic E-state index is -0.0143. The van der Waals surface area contributed by atoms with Crippen molar-refractivity contribution in [1.29, 1.82) is 0 Å². The summed E-state index contributed by atoms with van der Waals surface area (Å²) < 4.78 is 1.04. The zero-order chi connectivity index (χ0) is 17.1. The third-order valence-corrected chi connectivity index (χ3v) is 5.77. The van der Waals surface area contributed by atoms with Crippen molar-refractivity contribution in [3.63, 3.8) is 0 Å². The number of rotatable bonds is 5. The fourth-order valence-corrected chi connectivity index (χ4v) is 4.27. The Labute approximate surface area is 149 Å². The number of anilines is 1. The molecular formula is C18H19N3OS2.